The Kier molecular flexibility index (Phi) is 3.58. The van der Waals surface area contributed by atoms with Gasteiger partial charge in [-0.05, 0) is 37.5 Å². The molecule has 2 aliphatic carbocycles. The van der Waals surface area contributed by atoms with Crippen LogP contribution in [-0.2, 0) is 19.1 Å². The number of esters is 1. The molecule has 3 atom stereocenters. The van der Waals surface area contributed by atoms with Crippen molar-refractivity contribution >= 4 is 11.8 Å². The van der Waals surface area contributed by atoms with E-state index in [0.29, 0.717) is 0 Å². The molecule has 0 aromatic rings. The van der Waals surface area contributed by atoms with E-state index in [1.54, 1.807) is 0 Å². The summed E-state index contributed by atoms with van der Waals surface area (Å²) in [5.74, 6) is -0.781. The van der Waals surface area contributed by atoms with Gasteiger partial charge in [0.2, 0.25) is 0 Å². The molecule has 21 heavy (non-hydrogen) atoms. The molecule has 118 valence electrons. The van der Waals surface area contributed by atoms with Crippen molar-refractivity contribution in [2.24, 2.45) is 10.8 Å². The van der Waals surface area contributed by atoms with E-state index < -0.39 is 24.1 Å². The number of carbonyl (C=O) groups is 2. The summed E-state index contributed by atoms with van der Waals surface area (Å²) >= 11 is 0. The summed E-state index contributed by atoms with van der Waals surface area (Å²) < 4.78 is 10.5. The smallest absolute Gasteiger partial charge is 0.312 e. The van der Waals surface area contributed by atoms with Gasteiger partial charge < -0.3 is 19.7 Å². The van der Waals surface area contributed by atoms with E-state index in [0.717, 1.165) is 32.1 Å². The van der Waals surface area contributed by atoms with Crippen LogP contribution in [0, 0.1) is 10.8 Å². The van der Waals surface area contributed by atoms with E-state index in [4.69, 9.17) is 9.47 Å². The first-order valence-corrected chi connectivity index (χ1v) is 7.53. The number of rotatable bonds is 3. The molecule has 3 rings (SSSR count). The van der Waals surface area contributed by atoms with Crippen LogP contribution in [0.5, 0.6) is 0 Å². The Morgan fingerprint density at radius 3 is 2.57 bits per heavy atom. The zero-order valence-corrected chi connectivity index (χ0v) is 12.2. The fraction of sp³-hybridized carbons (Fsp3) is 0.867. The highest BCUT2D eigenvalue weighted by atomic mass is 16.6. The van der Waals surface area contributed by atoms with Gasteiger partial charge in [-0.15, -0.1) is 0 Å². The number of fused-ring (bicyclic) bond motifs is 2. The number of ether oxygens (including phenoxy) is 2. The average Bonchev–Trinajstić information content (AvgIpc) is 2.98. The van der Waals surface area contributed by atoms with Gasteiger partial charge in [-0.25, -0.2) is 0 Å². The second-order valence-electron chi connectivity index (χ2n) is 7.12. The van der Waals surface area contributed by atoms with Gasteiger partial charge in [-0.3, -0.25) is 9.59 Å². The van der Waals surface area contributed by atoms with Crippen LogP contribution >= 0.6 is 0 Å². The third kappa shape index (κ3) is 2.49. The minimum absolute atomic E-state index is 0.122. The first-order valence-electron chi connectivity index (χ1n) is 7.53. The Labute approximate surface area is 123 Å². The lowest BCUT2D eigenvalue weighted by molar-refractivity contribution is -0.181. The molecule has 0 radical (unpaired) electrons. The summed E-state index contributed by atoms with van der Waals surface area (Å²) in [6.07, 6.45) is 1.06. The third-order valence-electron chi connectivity index (χ3n) is 5.47. The number of aliphatic hydroxyl groups is 2. The third-order valence-corrected chi connectivity index (χ3v) is 5.47. The predicted octanol–water partition coefficient (Wildman–Crippen LogP) is 0.190. The van der Waals surface area contributed by atoms with Gasteiger partial charge in [0.15, 0.2) is 5.78 Å². The number of carbonyl (C=O) groups excluding carboxylic acids is 2. The molecule has 3 aliphatic rings. The van der Waals surface area contributed by atoms with Gasteiger partial charge in [0.05, 0.1) is 5.41 Å². The molecule has 6 nitrogen and oxygen atoms in total. The highest BCUT2D eigenvalue weighted by Crippen LogP contribution is 2.61. The van der Waals surface area contributed by atoms with Crippen LogP contribution in [0.4, 0.5) is 0 Å². The fourth-order valence-corrected chi connectivity index (χ4v) is 4.00. The van der Waals surface area contributed by atoms with Gasteiger partial charge in [-0.2, -0.15) is 0 Å². The van der Waals surface area contributed by atoms with Gasteiger partial charge in [0.25, 0.3) is 0 Å². The summed E-state index contributed by atoms with van der Waals surface area (Å²) in [5, 5.41) is 19.3. The molecule has 0 aromatic carbocycles. The maximum absolute atomic E-state index is 12.4. The van der Waals surface area contributed by atoms with E-state index >= 15 is 0 Å². The molecule has 6 heteroatoms. The van der Waals surface area contributed by atoms with Crippen molar-refractivity contribution in [1.29, 1.82) is 0 Å². The van der Waals surface area contributed by atoms with Crippen molar-refractivity contribution in [3.63, 3.8) is 0 Å². The Hall–Kier alpha value is -0.980. The number of Topliss-reactive ketones (excluding diaryl/α,β-unsaturated/α-hetero) is 1. The number of hydrogen-bond donors (Lipinski definition) is 2. The van der Waals surface area contributed by atoms with E-state index in [-0.39, 0.29) is 30.0 Å². The van der Waals surface area contributed by atoms with E-state index in [9.17, 15) is 19.8 Å². The van der Waals surface area contributed by atoms with Crippen LogP contribution in [0.25, 0.3) is 0 Å². The molecule has 1 saturated heterocycles. The highest BCUT2D eigenvalue weighted by molar-refractivity contribution is 5.85. The fourth-order valence-electron chi connectivity index (χ4n) is 4.00. The summed E-state index contributed by atoms with van der Waals surface area (Å²) in [4.78, 5) is 23.6. The van der Waals surface area contributed by atoms with Crippen molar-refractivity contribution in [2.75, 3.05) is 13.2 Å². The topological polar surface area (TPSA) is 93.1 Å². The highest BCUT2D eigenvalue weighted by Gasteiger charge is 2.56. The minimum Gasteiger partial charge on any atom is -0.462 e. The molecule has 3 fully saturated rings. The van der Waals surface area contributed by atoms with Crippen molar-refractivity contribution in [3.05, 3.63) is 0 Å². The average molecular weight is 298 g/mol. The van der Waals surface area contributed by atoms with Crippen molar-refractivity contribution in [2.45, 2.75) is 57.3 Å². The van der Waals surface area contributed by atoms with Gasteiger partial charge in [0, 0.05) is 0 Å². The van der Waals surface area contributed by atoms with Crippen molar-refractivity contribution < 1.29 is 29.3 Å². The second-order valence-corrected chi connectivity index (χ2v) is 7.12. The summed E-state index contributed by atoms with van der Waals surface area (Å²) in [6, 6.07) is 0. The molecular weight excluding hydrogens is 276 g/mol. The summed E-state index contributed by atoms with van der Waals surface area (Å²) in [5.41, 5.74) is -0.106. The van der Waals surface area contributed by atoms with Crippen molar-refractivity contribution in [3.8, 4) is 0 Å². The van der Waals surface area contributed by atoms with Crippen LogP contribution < -0.4 is 0 Å². The van der Waals surface area contributed by atoms with E-state index in [1.165, 1.54) is 0 Å². The maximum Gasteiger partial charge on any atom is 0.312 e. The first-order chi connectivity index (χ1) is 9.85. The second kappa shape index (κ2) is 5.04. The quantitative estimate of drug-likeness (QED) is 0.723. The molecule has 1 aliphatic heterocycles. The zero-order chi connectivity index (χ0) is 15.3. The lowest BCUT2D eigenvalue weighted by Gasteiger charge is -2.32. The molecule has 2 unspecified atom stereocenters. The standard InChI is InChI=1S/C15H22O6/c1-14-2-4-15(8-14,5-3-14)13(19)21-7-10-12(18)11(17)9(16)6-20-10/h10-12,17-18H,2-8H2,1H3/t10?,11?,12-,14?,15?/m1/s1. The Morgan fingerprint density at radius 2 is 2.00 bits per heavy atom. The normalized spacial score (nSPS) is 45.9. The zero-order valence-electron chi connectivity index (χ0n) is 12.2. The summed E-state index contributed by atoms with van der Waals surface area (Å²) in [6.45, 7) is 1.83. The van der Waals surface area contributed by atoms with Gasteiger partial charge in [-0.1, -0.05) is 6.92 Å². The monoisotopic (exact) mass is 298 g/mol. The molecule has 2 N–H and O–H groups in total. The van der Waals surface area contributed by atoms with Crippen molar-refractivity contribution in [1.82, 2.24) is 0 Å². The van der Waals surface area contributed by atoms with Crippen LogP contribution in [0.3, 0.4) is 0 Å². The van der Waals surface area contributed by atoms with Gasteiger partial charge >= 0.3 is 5.97 Å². The number of ketones is 1. The van der Waals surface area contributed by atoms with Gasteiger partial charge in [0.1, 0.15) is 31.5 Å². The molecule has 1 heterocycles. The van der Waals surface area contributed by atoms with E-state index in [1.807, 2.05) is 0 Å². The minimum atomic E-state index is -1.46. The lowest BCUT2D eigenvalue weighted by atomic mass is 9.83. The Balaban J connectivity index is 1.56. The van der Waals surface area contributed by atoms with Crippen LogP contribution in [-0.4, -0.2) is 53.5 Å². The largest absolute Gasteiger partial charge is 0.462 e. The Bertz CT molecular complexity index is 451. The first kappa shape index (κ1) is 14.9. The molecule has 0 aromatic heterocycles. The summed E-state index contributed by atoms with van der Waals surface area (Å²) in [7, 11) is 0. The Morgan fingerprint density at radius 1 is 1.33 bits per heavy atom. The molecule has 0 amide bonds. The predicted molar refractivity (Wildman–Crippen MR) is 71.3 cm³/mol. The number of hydrogen-bond acceptors (Lipinski definition) is 6. The van der Waals surface area contributed by atoms with E-state index in [2.05, 4.69) is 6.92 Å². The lowest BCUT2D eigenvalue weighted by Crippen LogP contribution is -2.52. The maximum atomic E-state index is 12.4. The van der Waals surface area contributed by atoms with Crippen LogP contribution in [0.1, 0.15) is 39.0 Å². The molecule has 0 spiro atoms. The molecule has 2 bridgehead atoms. The number of aliphatic hydroxyl groups excluding tert-OH is 2. The van der Waals surface area contributed by atoms with Crippen LogP contribution in [0.2, 0.25) is 0 Å². The molecule has 2 saturated carbocycles. The SMILES string of the molecule is CC12CCC(C(=O)OCC3OCC(=O)C(O)[C@@H]3O)(CC1)C2. The van der Waals surface area contributed by atoms with Crippen LogP contribution in [0.15, 0.2) is 0 Å². The molecular formula is C15H22O6.